The van der Waals surface area contributed by atoms with E-state index in [-0.39, 0.29) is 6.54 Å². The van der Waals surface area contributed by atoms with Crippen molar-refractivity contribution in [1.82, 2.24) is 9.80 Å². The third kappa shape index (κ3) is 4.25. The molecule has 1 heterocycles. The molecule has 0 aliphatic carbocycles. The molecule has 3 rings (SSSR count). The summed E-state index contributed by atoms with van der Waals surface area (Å²) in [5.41, 5.74) is 3.19. The number of benzene rings is 2. The van der Waals surface area contributed by atoms with Crippen molar-refractivity contribution < 1.29 is 18.0 Å². The summed E-state index contributed by atoms with van der Waals surface area (Å²) in [6.07, 6.45) is -3.94. The largest absolute Gasteiger partial charge is 0.406 e. The number of likely N-dealkylation sites (tertiary alicyclic amines) is 1. The standard InChI is InChI=1S/C20H21F3N2O/c1-24(18-11-12-25(19(18)26)14-20(21,22)23)13-16-9-5-6-10-17(16)15-7-3-2-4-8-15/h2-10,18H,11-14H2,1H3/t18-/m0/s1. The molecule has 0 N–H and O–H groups in total. The van der Waals surface area contributed by atoms with Crippen molar-refractivity contribution in [2.45, 2.75) is 25.2 Å². The van der Waals surface area contributed by atoms with Crippen LogP contribution in [0.2, 0.25) is 0 Å². The molecule has 1 amide bonds. The van der Waals surface area contributed by atoms with Crippen molar-refractivity contribution in [3.63, 3.8) is 0 Å². The Morgan fingerprint density at radius 2 is 1.73 bits per heavy atom. The predicted molar refractivity (Wildman–Crippen MR) is 94.4 cm³/mol. The Labute approximate surface area is 151 Å². The summed E-state index contributed by atoms with van der Waals surface area (Å²) in [4.78, 5) is 15.1. The first-order chi connectivity index (χ1) is 12.3. The molecular weight excluding hydrogens is 341 g/mol. The van der Waals surface area contributed by atoms with Crippen molar-refractivity contribution >= 4 is 5.91 Å². The van der Waals surface area contributed by atoms with Gasteiger partial charge < -0.3 is 4.90 Å². The number of hydrogen-bond acceptors (Lipinski definition) is 2. The molecule has 0 unspecified atom stereocenters. The quantitative estimate of drug-likeness (QED) is 0.804. The molecule has 3 nitrogen and oxygen atoms in total. The lowest BCUT2D eigenvalue weighted by Crippen LogP contribution is -2.42. The van der Waals surface area contributed by atoms with Gasteiger partial charge in [-0.3, -0.25) is 9.69 Å². The van der Waals surface area contributed by atoms with Crippen molar-refractivity contribution in [2.24, 2.45) is 0 Å². The minimum Gasteiger partial charge on any atom is -0.332 e. The van der Waals surface area contributed by atoms with Crippen molar-refractivity contribution in [1.29, 1.82) is 0 Å². The van der Waals surface area contributed by atoms with E-state index in [0.29, 0.717) is 13.0 Å². The minimum absolute atomic E-state index is 0.147. The fourth-order valence-electron chi connectivity index (χ4n) is 3.44. The van der Waals surface area contributed by atoms with E-state index in [2.05, 4.69) is 0 Å². The van der Waals surface area contributed by atoms with Gasteiger partial charge in [0, 0.05) is 13.1 Å². The van der Waals surface area contributed by atoms with Crippen LogP contribution in [0.3, 0.4) is 0 Å². The van der Waals surface area contributed by atoms with Gasteiger partial charge in [-0.05, 0) is 30.2 Å². The van der Waals surface area contributed by atoms with Gasteiger partial charge in [-0.2, -0.15) is 13.2 Å². The number of alkyl halides is 3. The van der Waals surface area contributed by atoms with E-state index in [1.54, 1.807) is 7.05 Å². The summed E-state index contributed by atoms with van der Waals surface area (Å²) < 4.78 is 37.8. The zero-order valence-electron chi connectivity index (χ0n) is 14.5. The Bertz CT molecular complexity index is 761. The van der Waals surface area contributed by atoms with Crippen LogP contribution in [0.5, 0.6) is 0 Å². The number of halogens is 3. The van der Waals surface area contributed by atoms with Gasteiger partial charge in [-0.15, -0.1) is 0 Å². The summed E-state index contributed by atoms with van der Waals surface area (Å²) in [7, 11) is 1.79. The number of hydrogen-bond donors (Lipinski definition) is 0. The van der Waals surface area contributed by atoms with Crippen LogP contribution in [-0.4, -0.2) is 48.1 Å². The summed E-state index contributed by atoms with van der Waals surface area (Å²) in [5.74, 6) is -0.443. The predicted octanol–water partition coefficient (Wildman–Crippen LogP) is 3.95. The lowest BCUT2D eigenvalue weighted by Gasteiger charge is -2.25. The normalized spacial score (nSPS) is 18.0. The van der Waals surface area contributed by atoms with E-state index in [4.69, 9.17) is 0 Å². The molecule has 0 radical (unpaired) electrons. The molecule has 6 heteroatoms. The van der Waals surface area contributed by atoms with Crippen LogP contribution >= 0.6 is 0 Å². The maximum atomic E-state index is 12.6. The van der Waals surface area contributed by atoms with Gasteiger partial charge in [0.25, 0.3) is 0 Å². The third-order valence-electron chi connectivity index (χ3n) is 4.69. The summed E-state index contributed by atoms with van der Waals surface area (Å²) in [6.45, 7) is -0.522. The maximum Gasteiger partial charge on any atom is 0.406 e. The van der Waals surface area contributed by atoms with E-state index < -0.39 is 24.7 Å². The molecule has 1 fully saturated rings. The van der Waals surface area contributed by atoms with Crippen LogP contribution in [-0.2, 0) is 11.3 Å². The average Bonchev–Trinajstić information content (AvgIpc) is 2.95. The third-order valence-corrected chi connectivity index (χ3v) is 4.69. The fraction of sp³-hybridized carbons (Fsp3) is 0.350. The van der Waals surface area contributed by atoms with Crippen LogP contribution < -0.4 is 0 Å². The van der Waals surface area contributed by atoms with Gasteiger partial charge in [0.1, 0.15) is 6.54 Å². The number of amides is 1. The molecule has 1 saturated heterocycles. The smallest absolute Gasteiger partial charge is 0.332 e. The Kier molecular flexibility index (Phi) is 5.32. The molecule has 2 aromatic carbocycles. The molecule has 138 valence electrons. The molecule has 0 spiro atoms. The Balaban J connectivity index is 1.73. The number of carbonyl (C=O) groups is 1. The average molecular weight is 362 g/mol. The molecule has 1 atom stereocenters. The van der Waals surface area contributed by atoms with Gasteiger partial charge in [0.05, 0.1) is 6.04 Å². The highest BCUT2D eigenvalue weighted by molar-refractivity contribution is 5.84. The zero-order valence-corrected chi connectivity index (χ0v) is 14.5. The zero-order chi connectivity index (χ0) is 18.7. The Morgan fingerprint density at radius 1 is 1.08 bits per heavy atom. The lowest BCUT2D eigenvalue weighted by atomic mass is 9.99. The number of nitrogens with zero attached hydrogens (tertiary/aromatic N) is 2. The molecular formula is C20H21F3N2O. The maximum absolute atomic E-state index is 12.6. The molecule has 0 saturated carbocycles. The first kappa shape index (κ1) is 18.5. The SMILES string of the molecule is CN(Cc1ccccc1-c1ccccc1)[C@H]1CCN(CC(F)(F)F)C1=O. The first-order valence-electron chi connectivity index (χ1n) is 8.54. The van der Waals surface area contributed by atoms with Crippen LogP contribution in [0.1, 0.15) is 12.0 Å². The van der Waals surface area contributed by atoms with E-state index in [9.17, 15) is 18.0 Å². The highest BCUT2D eigenvalue weighted by Crippen LogP contribution is 2.27. The second-order valence-electron chi connectivity index (χ2n) is 6.62. The van der Waals surface area contributed by atoms with E-state index >= 15 is 0 Å². The fourth-order valence-corrected chi connectivity index (χ4v) is 3.44. The topological polar surface area (TPSA) is 23.6 Å². The molecule has 2 aromatic rings. The molecule has 0 bridgehead atoms. The van der Waals surface area contributed by atoms with Gasteiger partial charge in [0.2, 0.25) is 5.91 Å². The monoisotopic (exact) mass is 362 g/mol. The Morgan fingerprint density at radius 3 is 2.42 bits per heavy atom. The molecule has 1 aliphatic heterocycles. The number of rotatable bonds is 5. The van der Waals surface area contributed by atoms with Gasteiger partial charge in [-0.25, -0.2) is 0 Å². The summed E-state index contributed by atoms with van der Waals surface area (Å²) in [5, 5.41) is 0. The molecule has 1 aliphatic rings. The van der Waals surface area contributed by atoms with Crippen LogP contribution in [0.15, 0.2) is 54.6 Å². The lowest BCUT2D eigenvalue weighted by molar-refractivity contribution is -0.159. The number of likely N-dealkylation sites (N-methyl/N-ethyl adjacent to an activating group) is 1. The highest BCUT2D eigenvalue weighted by Gasteiger charge is 2.40. The first-order valence-corrected chi connectivity index (χ1v) is 8.54. The van der Waals surface area contributed by atoms with Crippen LogP contribution in [0.25, 0.3) is 11.1 Å². The van der Waals surface area contributed by atoms with Crippen molar-refractivity contribution in [3.05, 3.63) is 60.2 Å². The van der Waals surface area contributed by atoms with E-state index in [1.165, 1.54) is 0 Å². The number of carbonyl (C=O) groups excluding carboxylic acids is 1. The van der Waals surface area contributed by atoms with Crippen LogP contribution in [0, 0.1) is 0 Å². The Hall–Kier alpha value is -2.34. The second-order valence-corrected chi connectivity index (χ2v) is 6.62. The summed E-state index contributed by atoms with van der Waals surface area (Å²) in [6, 6.07) is 17.3. The molecule has 26 heavy (non-hydrogen) atoms. The van der Waals surface area contributed by atoms with Crippen molar-refractivity contribution in [3.8, 4) is 11.1 Å². The van der Waals surface area contributed by atoms with Gasteiger partial charge in [-0.1, -0.05) is 54.6 Å². The highest BCUT2D eigenvalue weighted by atomic mass is 19.4. The van der Waals surface area contributed by atoms with E-state index in [0.717, 1.165) is 21.6 Å². The van der Waals surface area contributed by atoms with E-state index in [1.807, 2.05) is 59.5 Å². The van der Waals surface area contributed by atoms with Crippen LogP contribution in [0.4, 0.5) is 13.2 Å². The molecule has 0 aromatic heterocycles. The minimum atomic E-state index is -4.36. The van der Waals surface area contributed by atoms with Crippen molar-refractivity contribution in [2.75, 3.05) is 20.1 Å². The summed E-state index contributed by atoms with van der Waals surface area (Å²) >= 11 is 0. The van der Waals surface area contributed by atoms with Gasteiger partial charge in [0.15, 0.2) is 0 Å². The second kappa shape index (κ2) is 7.50. The van der Waals surface area contributed by atoms with Gasteiger partial charge >= 0.3 is 6.18 Å².